The van der Waals surface area contributed by atoms with Gasteiger partial charge in [0.1, 0.15) is 24.1 Å². The molecule has 1 atom stereocenters. The van der Waals surface area contributed by atoms with Crippen LogP contribution in [0.4, 0.5) is 14.6 Å². The van der Waals surface area contributed by atoms with Gasteiger partial charge in [-0.25, -0.2) is 18.3 Å². The molecular formula is C24H27F2N7O. The van der Waals surface area contributed by atoms with Crippen LogP contribution >= 0.6 is 0 Å². The minimum Gasteiger partial charge on any atom is -0.462 e. The third-order valence-corrected chi connectivity index (χ3v) is 5.59. The van der Waals surface area contributed by atoms with Gasteiger partial charge in [-0.1, -0.05) is 19.9 Å². The first-order valence-corrected chi connectivity index (χ1v) is 11.2. The summed E-state index contributed by atoms with van der Waals surface area (Å²) in [7, 11) is 0. The molecule has 0 bridgehead atoms. The Hall–Kier alpha value is -3.66. The van der Waals surface area contributed by atoms with Gasteiger partial charge in [0, 0.05) is 36.6 Å². The number of likely N-dealkylation sites (N-methyl/N-ethyl adjacent to an activating group) is 1. The molecule has 0 amide bonds. The van der Waals surface area contributed by atoms with Crippen LogP contribution < -0.4 is 10.1 Å². The lowest BCUT2D eigenvalue weighted by Gasteiger charge is -2.19. The fourth-order valence-electron chi connectivity index (χ4n) is 3.67. The molecule has 0 spiro atoms. The van der Waals surface area contributed by atoms with Crippen LogP contribution in [0.2, 0.25) is 0 Å². The molecule has 0 unspecified atom stereocenters. The summed E-state index contributed by atoms with van der Waals surface area (Å²) in [5.41, 5.74) is 2.23. The zero-order valence-corrected chi connectivity index (χ0v) is 19.4. The maximum absolute atomic E-state index is 14.3. The summed E-state index contributed by atoms with van der Waals surface area (Å²) in [6.45, 7) is 8.95. The lowest BCUT2D eigenvalue weighted by Crippen LogP contribution is -2.28. The summed E-state index contributed by atoms with van der Waals surface area (Å²) in [5, 5.41) is 7.51. The molecule has 8 nitrogen and oxygen atoms in total. The van der Waals surface area contributed by atoms with Gasteiger partial charge in [-0.2, -0.15) is 15.1 Å². The van der Waals surface area contributed by atoms with Gasteiger partial charge in [0.15, 0.2) is 5.65 Å². The summed E-state index contributed by atoms with van der Waals surface area (Å²) in [5.74, 6) is -0.812. The van der Waals surface area contributed by atoms with E-state index in [1.54, 1.807) is 42.2 Å². The van der Waals surface area contributed by atoms with E-state index in [1.165, 1.54) is 12.1 Å². The number of halogens is 2. The molecular weight excluding hydrogens is 440 g/mol. The second kappa shape index (κ2) is 10.5. The molecule has 3 heterocycles. The SMILES string of the molecule is CCN(CC)CCOc1nc(N[C@@H](C)c2ccc(F)cc2F)cc(-c2cnn3cccnc23)n1. The Bertz CT molecular complexity index is 1260. The number of aromatic nitrogens is 5. The average molecular weight is 468 g/mol. The van der Waals surface area contributed by atoms with Crippen LogP contribution in [0, 0.1) is 11.6 Å². The highest BCUT2D eigenvalue weighted by Gasteiger charge is 2.17. The summed E-state index contributed by atoms with van der Waals surface area (Å²) >= 11 is 0. The monoisotopic (exact) mass is 467 g/mol. The fourth-order valence-corrected chi connectivity index (χ4v) is 3.67. The Labute approximate surface area is 196 Å². The Kier molecular flexibility index (Phi) is 7.27. The number of benzene rings is 1. The summed E-state index contributed by atoms with van der Waals surface area (Å²) in [6, 6.07) is 6.75. The van der Waals surface area contributed by atoms with Crippen molar-refractivity contribution < 1.29 is 13.5 Å². The van der Waals surface area contributed by atoms with E-state index >= 15 is 0 Å². The number of rotatable bonds is 10. The molecule has 0 aliphatic heterocycles. The number of nitrogens with zero attached hydrogens (tertiary/aromatic N) is 6. The van der Waals surface area contributed by atoms with Gasteiger partial charge < -0.3 is 15.0 Å². The van der Waals surface area contributed by atoms with Crippen molar-refractivity contribution in [2.24, 2.45) is 0 Å². The van der Waals surface area contributed by atoms with Crippen LogP contribution in [0.1, 0.15) is 32.4 Å². The molecule has 1 N–H and O–H groups in total. The summed E-state index contributed by atoms with van der Waals surface area (Å²) in [6.07, 6.45) is 5.16. The molecule has 0 fully saturated rings. The highest BCUT2D eigenvalue weighted by molar-refractivity contribution is 5.75. The maximum atomic E-state index is 14.3. The molecule has 0 saturated heterocycles. The third kappa shape index (κ3) is 5.28. The third-order valence-electron chi connectivity index (χ3n) is 5.59. The van der Waals surface area contributed by atoms with Gasteiger partial charge >= 0.3 is 6.01 Å². The first kappa shape index (κ1) is 23.5. The maximum Gasteiger partial charge on any atom is 0.318 e. The standard InChI is InChI=1S/C24H27F2N7O/c1-4-32(5-2)11-12-34-24-30-21(19-15-28-33-10-6-9-27-23(19)33)14-22(31-24)29-16(3)18-8-7-17(25)13-20(18)26/h6-10,13-16H,4-5,11-12H2,1-3H3,(H,29,30,31)/t16-/m0/s1. The molecule has 34 heavy (non-hydrogen) atoms. The lowest BCUT2D eigenvalue weighted by atomic mass is 10.1. The van der Waals surface area contributed by atoms with E-state index in [0.717, 1.165) is 25.7 Å². The van der Waals surface area contributed by atoms with Gasteiger partial charge in [-0.05, 0) is 32.1 Å². The molecule has 0 saturated carbocycles. The predicted octanol–water partition coefficient (Wildman–Crippen LogP) is 4.36. The van der Waals surface area contributed by atoms with E-state index in [-0.39, 0.29) is 6.01 Å². The van der Waals surface area contributed by atoms with Gasteiger partial charge in [0.05, 0.1) is 23.5 Å². The van der Waals surface area contributed by atoms with Gasteiger partial charge in [0.2, 0.25) is 0 Å². The van der Waals surface area contributed by atoms with Crippen LogP contribution in [0.25, 0.3) is 16.9 Å². The zero-order valence-electron chi connectivity index (χ0n) is 19.4. The molecule has 0 aliphatic carbocycles. The molecule has 0 aliphatic rings. The molecule has 178 valence electrons. The van der Waals surface area contributed by atoms with E-state index in [2.05, 4.69) is 44.1 Å². The Balaban J connectivity index is 1.65. The van der Waals surface area contributed by atoms with E-state index in [4.69, 9.17) is 4.74 Å². The molecule has 0 radical (unpaired) electrons. The van der Waals surface area contributed by atoms with E-state index < -0.39 is 17.7 Å². The van der Waals surface area contributed by atoms with Crippen LogP contribution in [-0.2, 0) is 0 Å². The van der Waals surface area contributed by atoms with Crippen LogP contribution in [-0.4, -0.2) is 55.7 Å². The number of hydrogen-bond acceptors (Lipinski definition) is 7. The number of ether oxygens (including phenoxy) is 1. The predicted molar refractivity (Wildman–Crippen MR) is 126 cm³/mol. The fraction of sp³-hybridized carbons (Fsp3) is 0.333. The highest BCUT2D eigenvalue weighted by atomic mass is 19.1. The second-order valence-corrected chi connectivity index (χ2v) is 7.77. The van der Waals surface area contributed by atoms with Crippen molar-refractivity contribution in [3.63, 3.8) is 0 Å². The Morgan fingerprint density at radius 1 is 1.15 bits per heavy atom. The average Bonchev–Trinajstić information content (AvgIpc) is 3.26. The van der Waals surface area contributed by atoms with Crippen molar-refractivity contribution in [1.82, 2.24) is 29.5 Å². The van der Waals surface area contributed by atoms with Crippen LogP contribution in [0.3, 0.4) is 0 Å². The number of nitrogens with one attached hydrogen (secondary N) is 1. The van der Waals surface area contributed by atoms with Gasteiger partial charge in [0.25, 0.3) is 0 Å². The van der Waals surface area contributed by atoms with Crippen molar-refractivity contribution in [2.45, 2.75) is 26.8 Å². The van der Waals surface area contributed by atoms with Crippen LogP contribution in [0.5, 0.6) is 6.01 Å². The topological polar surface area (TPSA) is 80.5 Å². The van der Waals surface area contributed by atoms with Crippen molar-refractivity contribution in [2.75, 3.05) is 31.6 Å². The first-order chi connectivity index (χ1) is 16.5. The van der Waals surface area contributed by atoms with Gasteiger partial charge in [-0.3, -0.25) is 0 Å². The quantitative estimate of drug-likeness (QED) is 0.371. The zero-order chi connectivity index (χ0) is 24.1. The number of hydrogen-bond donors (Lipinski definition) is 1. The van der Waals surface area contributed by atoms with E-state index in [9.17, 15) is 8.78 Å². The molecule has 4 aromatic rings. The Morgan fingerprint density at radius 3 is 2.74 bits per heavy atom. The lowest BCUT2D eigenvalue weighted by molar-refractivity contribution is 0.212. The smallest absolute Gasteiger partial charge is 0.318 e. The van der Waals surface area contributed by atoms with Crippen LogP contribution in [0.15, 0.2) is 48.9 Å². The second-order valence-electron chi connectivity index (χ2n) is 7.77. The van der Waals surface area contributed by atoms with Crippen molar-refractivity contribution >= 4 is 11.5 Å². The van der Waals surface area contributed by atoms with E-state index in [1.807, 2.05) is 0 Å². The van der Waals surface area contributed by atoms with Crippen molar-refractivity contribution in [3.8, 4) is 17.3 Å². The molecule has 10 heteroatoms. The first-order valence-electron chi connectivity index (χ1n) is 11.2. The number of fused-ring (bicyclic) bond motifs is 1. The largest absolute Gasteiger partial charge is 0.462 e. The molecule has 4 rings (SSSR count). The van der Waals surface area contributed by atoms with Gasteiger partial charge in [-0.15, -0.1) is 0 Å². The van der Waals surface area contributed by atoms with Crippen molar-refractivity contribution in [1.29, 1.82) is 0 Å². The summed E-state index contributed by atoms with van der Waals surface area (Å²) in [4.78, 5) is 15.7. The number of anilines is 1. The highest BCUT2D eigenvalue weighted by Crippen LogP contribution is 2.28. The van der Waals surface area contributed by atoms with Crippen molar-refractivity contribution in [3.05, 3.63) is 66.1 Å². The normalized spacial score (nSPS) is 12.3. The molecule has 3 aromatic heterocycles. The Morgan fingerprint density at radius 2 is 1.97 bits per heavy atom. The minimum atomic E-state index is -0.628. The molecule has 1 aromatic carbocycles. The minimum absolute atomic E-state index is 0.189. The summed E-state index contributed by atoms with van der Waals surface area (Å²) < 4.78 is 35.2. The van der Waals surface area contributed by atoms with E-state index in [0.29, 0.717) is 34.9 Å².